The molecule has 1 atom stereocenters. The number of para-hydroxylation sites is 1. The van der Waals surface area contributed by atoms with Crippen LogP contribution in [-0.2, 0) is 4.79 Å². The number of ether oxygens (including phenoxy) is 1. The van der Waals surface area contributed by atoms with Crippen molar-refractivity contribution in [3.63, 3.8) is 0 Å². The van der Waals surface area contributed by atoms with Gasteiger partial charge in [-0.25, -0.2) is 4.79 Å². The number of benzene rings is 2. The first-order valence-electron chi connectivity index (χ1n) is 10.9. The molecular formula is C25H31BN2O3. The Morgan fingerprint density at radius 1 is 1.16 bits per heavy atom. The molecule has 162 valence electrons. The lowest BCUT2D eigenvalue weighted by molar-refractivity contribution is -0.140. The van der Waals surface area contributed by atoms with Gasteiger partial charge >= 0.3 is 5.97 Å². The summed E-state index contributed by atoms with van der Waals surface area (Å²) in [6.45, 7) is 6.01. The summed E-state index contributed by atoms with van der Waals surface area (Å²) >= 11 is 0. The molecule has 3 aliphatic heterocycles. The molecule has 3 fully saturated rings. The van der Waals surface area contributed by atoms with Gasteiger partial charge in [0.05, 0.1) is 13.9 Å². The zero-order valence-electron chi connectivity index (χ0n) is 17.4. The predicted molar refractivity (Wildman–Crippen MR) is 129 cm³/mol. The molecule has 4 heterocycles. The van der Waals surface area contributed by atoms with Crippen LogP contribution in [0.3, 0.4) is 0 Å². The molecule has 2 bridgehead atoms. The van der Waals surface area contributed by atoms with E-state index in [1.807, 2.05) is 41.8 Å². The number of nitrogens with zero attached hydrogens (tertiary/aromatic N) is 2. The fourth-order valence-corrected chi connectivity index (χ4v) is 5.20. The molecule has 0 radical (unpaired) electrons. The van der Waals surface area contributed by atoms with E-state index in [1.54, 1.807) is 0 Å². The van der Waals surface area contributed by atoms with Crippen LogP contribution in [0.1, 0.15) is 32.2 Å². The van der Waals surface area contributed by atoms with Crippen molar-refractivity contribution < 1.29 is 14.6 Å². The van der Waals surface area contributed by atoms with E-state index in [1.165, 1.54) is 31.5 Å². The van der Waals surface area contributed by atoms with E-state index in [0.717, 1.165) is 40.0 Å². The Balaban J connectivity index is 0.00000231. The van der Waals surface area contributed by atoms with Crippen LogP contribution in [0.25, 0.3) is 21.8 Å². The number of hydrogen-bond donors (Lipinski definition) is 1. The first-order chi connectivity index (χ1) is 14.7. The Morgan fingerprint density at radius 2 is 1.90 bits per heavy atom. The number of hydrogen-bond acceptors (Lipinski definition) is 3. The monoisotopic (exact) mass is 418 g/mol. The number of carboxylic acid groups (broad SMARTS) is 1. The fraction of sp³-hybridized carbons (Fsp3) is 0.400. The summed E-state index contributed by atoms with van der Waals surface area (Å²) in [6, 6.07) is 13.5. The third-order valence-electron chi connectivity index (χ3n) is 6.78. The second kappa shape index (κ2) is 8.79. The molecule has 1 N–H and O–H groups in total. The van der Waals surface area contributed by atoms with Crippen molar-refractivity contribution in [2.24, 2.45) is 5.92 Å². The molecule has 3 aliphatic rings. The van der Waals surface area contributed by atoms with E-state index in [4.69, 9.17) is 4.74 Å². The van der Waals surface area contributed by atoms with Crippen LogP contribution in [0.5, 0.6) is 5.75 Å². The first-order valence-corrected chi connectivity index (χ1v) is 10.9. The largest absolute Gasteiger partial charge is 0.489 e. The van der Waals surface area contributed by atoms with E-state index >= 15 is 0 Å². The van der Waals surface area contributed by atoms with E-state index in [2.05, 4.69) is 23.1 Å². The van der Waals surface area contributed by atoms with Crippen LogP contribution in [0.4, 0.5) is 0 Å². The van der Waals surface area contributed by atoms with Gasteiger partial charge in [0, 0.05) is 28.9 Å². The minimum atomic E-state index is -0.807. The Kier molecular flexibility index (Phi) is 6.10. The third kappa shape index (κ3) is 3.85. The molecular weight excluding hydrogens is 387 g/mol. The lowest BCUT2D eigenvalue weighted by Gasteiger charge is -2.41. The van der Waals surface area contributed by atoms with Crippen LogP contribution in [0.15, 0.2) is 54.1 Å². The number of fused-ring (bicyclic) bond motifs is 6. The Bertz CT molecular complexity index is 1130. The van der Waals surface area contributed by atoms with Crippen molar-refractivity contribution in [2.45, 2.75) is 32.2 Å². The van der Waals surface area contributed by atoms with E-state index in [-0.39, 0.29) is 8.41 Å². The number of carbonyl (C=O) groups is 1. The molecule has 6 heteroatoms. The summed E-state index contributed by atoms with van der Waals surface area (Å²) in [4.78, 5) is 14.5. The number of aromatic nitrogens is 1. The van der Waals surface area contributed by atoms with Crippen molar-refractivity contribution in [2.75, 3.05) is 26.2 Å². The summed E-state index contributed by atoms with van der Waals surface area (Å²) in [7, 11) is 0. The molecule has 31 heavy (non-hydrogen) atoms. The molecule has 1 aromatic heterocycles. The Morgan fingerprint density at radius 3 is 2.58 bits per heavy atom. The van der Waals surface area contributed by atoms with Gasteiger partial charge in [-0.15, -0.1) is 0 Å². The molecule has 1 unspecified atom stereocenters. The average molecular weight is 418 g/mol. The fourth-order valence-electron chi connectivity index (χ4n) is 5.20. The van der Waals surface area contributed by atoms with Gasteiger partial charge in [-0.05, 0) is 62.5 Å². The van der Waals surface area contributed by atoms with E-state index in [0.29, 0.717) is 13.0 Å². The molecule has 3 saturated heterocycles. The van der Waals surface area contributed by atoms with Crippen LogP contribution < -0.4 is 4.74 Å². The maximum absolute atomic E-state index is 11.9. The van der Waals surface area contributed by atoms with Gasteiger partial charge in [0.25, 0.3) is 0 Å². The predicted octanol–water partition coefficient (Wildman–Crippen LogP) is 3.68. The van der Waals surface area contributed by atoms with Gasteiger partial charge in [0.15, 0.2) is 0 Å². The van der Waals surface area contributed by atoms with Crippen molar-refractivity contribution in [1.82, 2.24) is 9.47 Å². The van der Waals surface area contributed by atoms with E-state index < -0.39 is 12.0 Å². The highest BCUT2D eigenvalue weighted by molar-refractivity contribution is 6.09. The van der Waals surface area contributed by atoms with Crippen molar-refractivity contribution in [3.8, 4) is 5.75 Å². The molecule has 0 amide bonds. The van der Waals surface area contributed by atoms with Gasteiger partial charge in [0.1, 0.15) is 18.4 Å². The maximum Gasteiger partial charge on any atom is 0.326 e. The second-order valence-electron chi connectivity index (χ2n) is 8.47. The van der Waals surface area contributed by atoms with Gasteiger partial charge < -0.3 is 14.4 Å². The Hall–Kier alpha value is -2.73. The van der Waals surface area contributed by atoms with Crippen LogP contribution >= 0.6 is 0 Å². The maximum atomic E-state index is 11.9. The SMILES string of the molecule is B.CCC(C(=O)O)n1c2ccccc2c2ccc(OCC=C3CN4CCC3CC4)cc21. The Labute approximate surface area is 184 Å². The number of carboxylic acids is 1. The summed E-state index contributed by atoms with van der Waals surface area (Å²) in [6.07, 6.45) is 5.32. The zero-order valence-corrected chi connectivity index (χ0v) is 17.4. The normalized spacial score (nSPS) is 22.5. The lowest BCUT2D eigenvalue weighted by Crippen LogP contribution is -2.43. The summed E-state index contributed by atoms with van der Waals surface area (Å²) in [5.41, 5.74) is 3.38. The molecule has 3 aromatic rings. The van der Waals surface area contributed by atoms with Gasteiger partial charge in [-0.3, -0.25) is 4.90 Å². The lowest BCUT2D eigenvalue weighted by atomic mass is 9.84. The van der Waals surface area contributed by atoms with Crippen molar-refractivity contribution in [1.29, 1.82) is 0 Å². The van der Waals surface area contributed by atoms with E-state index in [9.17, 15) is 9.90 Å². The molecule has 0 spiro atoms. The molecule has 0 aliphatic carbocycles. The van der Waals surface area contributed by atoms with Gasteiger partial charge in [-0.2, -0.15) is 0 Å². The van der Waals surface area contributed by atoms with Crippen LogP contribution in [-0.4, -0.2) is 55.2 Å². The molecule has 2 aromatic carbocycles. The third-order valence-corrected chi connectivity index (χ3v) is 6.78. The zero-order chi connectivity index (χ0) is 20.7. The molecule has 6 rings (SSSR count). The highest BCUT2D eigenvalue weighted by Gasteiger charge is 2.29. The van der Waals surface area contributed by atoms with Crippen LogP contribution in [0.2, 0.25) is 0 Å². The minimum absolute atomic E-state index is 0. The smallest absolute Gasteiger partial charge is 0.326 e. The standard InChI is InChI=1S/C25H28N2O3.BH3/c1-2-22(25(28)29)27-23-6-4-3-5-20(23)21-8-7-19(15-24(21)27)30-14-11-18-16-26-12-9-17(18)10-13-26;/h3-8,11,15,17,22H,2,9-10,12-14,16H2,1H3,(H,28,29);1H3. The second-order valence-corrected chi connectivity index (χ2v) is 8.47. The number of piperidine rings is 3. The van der Waals surface area contributed by atoms with Crippen LogP contribution in [0, 0.1) is 5.92 Å². The molecule has 5 nitrogen and oxygen atoms in total. The van der Waals surface area contributed by atoms with Crippen molar-refractivity contribution in [3.05, 3.63) is 54.1 Å². The van der Waals surface area contributed by atoms with Gasteiger partial charge in [-0.1, -0.05) is 30.7 Å². The summed E-state index contributed by atoms with van der Waals surface area (Å²) in [5.74, 6) is 0.702. The quantitative estimate of drug-likeness (QED) is 0.490. The summed E-state index contributed by atoms with van der Waals surface area (Å²) < 4.78 is 8.04. The summed E-state index contributed by atoms with van der Waals surface area (Å²) in [5, 5.41) is 11.9. The first kappa shape index (κ1) is 21.5. The topological polar surface area (TPSA) is 54.7 Å². The minimum Gasteiger partial charge on any atom is -0.489 e. The average Bonchev–Trinajstić information content (AvgIpc) is 3.09. The highest BCUT2D eigenvalue weighted by atomic mass is 16.5. The number of aliphatic carboxylic acids is 1. The van der Waals surface area contributed by atoms with Crippen molar-refractivity contribution >= 4 is 36.2 Å². The highest BCUT2D eigenvalue weighted by Crippen LogP contribution is 2.35. The molecule has 0 saturated carbocycles. The van der Waals surface area contributed by atoms with Gasteiger partial charge in [0.2, 0.25) is 0 Å². The number of rotatable bonds is 6.